The first-order chi connectivity index (χ1) is 6.61. The summed E-state index contributed by atoms with van der Waals surface area (Å²) >= 11 is 0. The lowest BCUT2D eigenvalue weighted by molar-refractivity contribution is 0.101. The van der Waals surface area contributed by atoms with Gasteiger partial charge in [-0.05, 0) is 19.1 Å². The van der Waals surface area contributed by atoms with Gasteiger partial charge in [0.15, 0.2) is 5.78 Å². The van der Waals surface area contributed by atoms with Gasteiger partial charge >= 0.3 is 0 Å². The molecule has 0 spiro atoms. The Morgan fingerprint density at radius 3 is 2.64 bits per heavy atom. The second kappa shape index (κ2) is 3.79. The van der Waals surface area contributed by atoms with E-state index in [9.17, 15) is 4.79 Å². The number of ether oxygens (including phenoxy) is 1. The molecular weight excluding hydrogens is 180 g/mol. The van der Waals surface area contributed by atoms with Crippen molar-refractivity contribution in [3.63, 3.8) is 0 Å². The lowest BCUT2D eigenvalue weighted by Crippen LogP contribution is -2.04. The van der Waals surface area contributed by atoms with E-state index >= 15 is 0 Å². The summed E-state index contributed by atoms with van der Waals surface area (Å²) in [6, 6.07) is 5.02. The fourth-order valence-corrected chi connectivity index (χ4v) is 1.24. The average molecular weight is 190 g/mol. The number of anilines is 1. The van der Waals surface area contributed by atoms with E-state index in [-0.39, 0.29) is 16.9 Å². The molecule has 0 atom stereocenters. The molecule has 0 radical (unpaired) electrons. The van der Waals surface area contributed by atoms with Crippen LogP contribution in [0.2, 0.25) is 0 Å². The number of ketones is 1. The quantitative estimate of drug-likeness (QED) is 0.564. The number of nitrogens with zero attached hydrogens (tertiary/aromatic N) is 1. The maximum atomic E-state index is 11.3. The molecule has 0 aliphatic heterocycles. The minimum atomic E-state index is -0.231. The molecule has 1 aromatic carbocycles. The molecule has 0 bridgehead atoms. The summed E-state index contributed by atoms with van der Waals surface area (Å²) in [6.45, 7) is 1.37. The Hall–Kier alpha value is -2.02. The molecule has 1 aromatic rings. The van der Waals surface area contributed by atoms with Crippen molar-refractivity contribution in [2.24, 2.45) is 0 Å². The van der Waals surface area contributed by atoms with Crippen LogP contribution < -0.4 is 10.5 Å². The number of carbonyl (C=O) groups is 1. The van der Waals surface area contributed by atoms with E-state index in [1.54, 1.807) is 12.1 Å². The Morgan fingerprint density at radius 1 is 1.57 bits per heavy atom. The van der Waals surface area contributed by atoms with Crippen LogP contribution in [0, 0.1) is 11.3 Å². The molecule has 72 valence electrons. The molecule has 4 heteroatoms. The van der Waals surface area contributed by atoms with Crippen LogP contribution in [0.4, 0.5) is 5.69 Å². The Labute approximate surface area is 81.9 Å². The van der Waals surface area contributed by atoms with Gasteiger partial charge in [-0.3, -0.25) is 4.79 Å². The van der Waals surface area contributed by atoms with Gasteiger partial charge in [-0.25, -0.2) is 0 Å². The summed E-state index contributed by atoms with van der Waals surface area (Å²) in [4.78, 5) is 11.3. The Morgan fingerprint density at radius 2 is 2.21 bits per heavy atom. The van der Waals surface area contributed by atoms with Crippen LogP contribution in [0.3, 0.4) is 0 Å². The first-order valence-corrected chi connectivity index (χ1v) is 3.99. The third kappa shape index (κ3) is 1.52. The molecular formula is C10H10N2O2. The molecule has 14 heavy (non-hydrogen) atoms. The van der Waals surface area contributed by atoms with Gasteiger partial charge in [0.05, 0.1) is 23.9 Å². The molecule has 0 fully saturated rings. The van der Waals surface area contributed by atoms with E-state index < -0.39 is 0 Å². The van der Waals surface area contributed by atoms with Crippen LogP contribution in [0.15, 0.2) is 12.1 Å². The lowest BCUT2D eigenvalue weighted by atomic mass is 10.0. The SMILES string of the molecule is COc1ccc(N)c(C#N)c1C(C)=O. The monoisotopic (exact) mass is 190 g/mol. The van der Waals surface area contributed by atoms with E-state index in [0.29, 0.717) is 11.4 Å². The van der Waals surface area contributed by atoms with Crippen LogP contribution in [0.25, 0.3) is 0 Å². The first-order valence-electron chi connectivity index (χ1n) is 3.99. The van der Waals surface area contributed by atoms with Crippen molar-refractivity contribution in [3.05, 3.63) is 23.3 Å². The van der Waals surface area contributed by atoms with Gasteiger partial charge in [0, 0.05) is 0 Å². The van der Waals surface area contributed by atoms with Crippen molar-refractivity contribution in [2.75, 3.05) is 12.8 Å². The highest BCUT2D eigenvalue weighted by Crippen LogP contribution is 2.26. The van der Waals surface area contributed by atoms with E-state index in [2.05, 4.69) is 0 Å². The zero-order valence-corrected chi connectivity index (χ0v) is 8.00. The summed E-state index contributed by atoms with van der Waals surface area (Å²) in [5.41, 5.74) is 6.28. The number of carbonyl (C=O) groups excluding carboxylic acids is 1. The summed E-state index contributed by atoms with van der Waals surface area (Å²) in [7, 11) is 1.44. The van der Waals surface area contributed by atoms with E-state index in [4.69, 9.17) is 15.7 Å². The molecule has 4 nitrogen and oxygen atoms in total. The van der Waals surface area contributed by atoms with Gasteiger partial charge in [0.1, 0.15) is 11.8 Å². The van der Waals surface area contributed by atoms with Crippen molar-refractivity contribution < 1.29 is 9.53 Å². The number of Topliss-reactive ketones (excluding diaryl/α,β-unsaturated/α-hetero) is 1. The van der Waals surface area contributed by atoms with Crippen LogP contribution in [0.1, 0.15) is 22.8 Å². The largest absolute Gasteiger partial charge is 0.496 e. The van der Waals surface area contributed by atoms with Crippen LogP contribution in [-0.4, -0.2) is 12.9 Å². The number of hydrogen-bond acceptors (Lipinski definition) is 4. The number of methoxy groups -OCH3 is 1. The van der Waals surface area contributed by atoms with Crippen LogP contribution in [0.5, 0.6) is 5.75 Å². The minimum Gasteiger partial charge on any atom is -0.496 e. The third-order valence-electron chi connectivity index (χ3n) is 1.88. The molecule has 2 N–H and O–H groups in total. The second-order valence-corrected chi connectivity index (χ2v) is 2.78. The molecule has 0 aliphatic rings. The van der Waals surface area contributed by atoms with E-state index in [1.165, 1.54) is 14.0 Å². The maximum absolute atomic E-state index is 11.3. The molecule has 0 amide bonds. The zero-order chi connectivity index (χ0) is 10.7. The summed E-state index contributed by atoms with van der Waals surface area (Å²) in [6.07, 6.45) is 0. The van der Waals surface area contributed by atoms with Gasteiger partial charge in [-0.1, -0.05) is 0 Å². The predicted octanol–water partition coefficient (Wildman–Crippen LogP) is 1.35. The van der Waals surface area contributed by atoms with Crippen LogP contribution >= 0.6 is 0 Å². The average Bonchev–Trinajstić information content (AvgIpc) is 2.17. The van der Waals surface area contributed by atoms with Gasteiger partial charge in [-0.15, -0.1) is 0 Å². The summed E-state index contributed by atoms with van der Waals surface area (Å²) in [5, 5.41) is 8.83. The van der Waals surface area contributed by atoms with E-state index in [1.807, 2.05) is 6.07 Å². The highest BCUT2D eigenvalue weighted by molar-refractivity contribution is 6.00. The molecule has 0 aliphatic carbocycles. The van der Waals surface area contributed by atoms with Crippen molar-refractivity contribution in [2.45, 2.75) is 6.92 Å². The van der Waals surface area contributed by atoms with Crippen molar-refractivity contribution in [1.29, 1.82) is 5.26 Å². The standard InChI is InChI=1S/C10H10N2O2/c1-6(13)10-7(5-11)8(12)3-4-9(10)14-2/h3-4H,12H2,1-2H3. The van der Waals surface area contributed by atoms with Crippen molar-refractivity contribution in [1.82, 2.24) is 0 Å². The second-order valence-electron chi connectivity index (χ2n) is 2.78. The number of benzene rings is 1. The molecule has 0 saturated carbocycles. The Bertz CT molecular complexity index is 419. The number of nitrogens with two attached hydrogens (primary N) is 1. The normalized spacial score (nSPS) is 9.21. The third-order valence-corrected chi connectivity index (χ3v) is 1.88. The number of hydrogen-bond donors (Lipinski definition) is 1. The molecule has 0 heterocycles. The summed E-state index contributed by atoms with van der Waals surface area (Å²) in [5.74, 6) is 0.147. The number of nitrogen functional groups attached to an aromatic ring is 1. The Kier molecular flexibility index (Phi) is 2.73. The van der Waals surface area contributed by atoms with Gasteiger partial charge in [0.2, 0.25) is 0 Å². The van der Waals surface area contributed by atoms with Gasteiger partial charge < -0.3 is 10.5 Å². The highest BCUT2D eigenvalue weighted by atomic mass is 16.5. The maximum Gasteiger partial charge on any atom is 0.164 e. The molecule has 1 rings (SSSR count). The summed E-state index contributed by atoms with van der Waals surface area (Å²) < 4.78 is 4.98. The molecule has 0 saturated heterocycles. The molecule has 0 aromatic heterocycles. The van der Waals surface area contributed by atoms with E-state index in [0.717, 1.165) is 0 Å². The zero-order valence-electron chi connectivity index (χ0n) is 8.00. The van der Waals surface area contributed by atoms with Gasteiger partial charge in [-0.2, -0.15) is 5.26 Å². The first kappa shape index (κ1) is 10.1. The lowest BCUT2D eigenvalue weighted by Gasteiger charge is -2.08. The van der Waals surface area contributed by atoms with Crippen molar-refractivity contribution in [3.8, 4) is 11.8 Å². The number of rotatable bonds is 2. The fraction of sp³-hybridized carbons (Fsp3) is 0.200. The fourth-order valence-electron chi connectivity index (χ4n) is 1.24. The topological polar surface area (TPSA) is 76.1 Å². The predicted molar refractivity (Wildman–Crippen MR) is 52.1 cm³/mol. The minimum absolute atomic E-state index is 0.178. The van der Waals surface area contributed by atoms with Crippen molar-refractivity contribution >= 4 is 11.5 Å². The molecule has 0 unspecified atom stereocenters. The van der Waals surface area contributed by atoms with Crippen LogP contribution in [-0.2, 0) is 0 Å². The van der Waals surface area contributed by atoms with Gasteiger partial charge in [0.25, 0.3) is 0 Å². The smallest absolute Gasteiger partial charge is 0.164 e. The number of nitriles is 1. The Balaban J connectivity index is 3.54. The highest BCUT2D eigenvalue weighted by Gasteiger charge is 2.15.